The summed E-state index contributed by atoms with van der Waals surface area (Å²) in [6.07, 6.45) is 3.34. The van der Waals surface area contributed by atoms with Crippen LogP contribution in [0, 0.1) is 5.41 Å². The van der Waals surface area contributed by atoms with Crippen molar-refractivity contribution in [3.05, 3.63) is 35.9 Å². The zero-order valence-electron chi connectivity index (χ0n) is 14.3. The Morgan fingerprint density at radius 2 is 1.90 bits per heavy atom. The smallest absolute Gasteiger partial charge is 0.0641 e. The van der Waals surface area contributed by atoms with E-state index in [1.807, 2.05) is 0 Å². The summed E-state index contributed by atoms with van der Waals surface area (Å²) >= 11 is 0. The van der Waals surface area contributed by atoms with E-state index in [-0.39, 0.29) is 5.60 Å². The van der Waals surface area contributed by atoms with Crippen molar-refractivity contribution in [2.45, 2.75) is 71.6 Å². The van der Waals surface area contributed by atoms with Gasteiger partial charge in [-0.3, -0.25) is 0 Å². The van der Waals surface area contributed by atoms with Crippen LogP contribution < -0.4 is 5.32 Å². The minimum atomic E-state index is -0.00110. The summed E-state index contributed by atoms with van der Waals surface area (Å²) in [7, 11) is 0. The summed E-state index contributed by atoms with van der Waals surface area (Å²) in [5, 5.41) is 3.90. The normalized spacial score (nSPS) is 23.8. The quantitative estimate of drug-likeness (QED) is 0.866. The Morgan fingerprint density at radius 3 is 2.48 bits per heavy atom. The summed E-state index contributed by atoms with van der Waals surface area (Å²) in [6.45, 7) is 12.2. The van der Waals surface area contributed by atoms with Gasteiger partial charge in [0, 0.05) is 18.7 Å². The number of hydrogen-bond acceptors (Lipinski definition) is 2. The molecule has 118 valence electrons. The van der Waals surface area contributed by atoms with Gasteiger partial charge in [0.15, 0.2) is 0 Å². The molecule has 0 aromatic heterocycles. The second-order valence-electron chi connectivity index (χ2n) is 8.19. The van der Waals surface area contributed by atoms with Gasteiger partial charge in [-0.25, -0.2) is 0 Å². The standard InChI is InChI=1S/C19H31NO/c1-18(2,3)14-17(15-9-7-6-8-10-15)20-16-11-12-21-19(4,5)13-16/h6-10,16-17,20H,11-14H2,1-5H3. The minimum absolute atomic E-state index is 0.00110. The van der Waals surface area contributed by atoms with Crippen LogP contribution in [0.1, 0.15) is 65.5 Å². The largest absolute Gasteiger partial charge is 0.375 e. The molecule has 2 atom stereocenters. The van der Waals surface area contributed by atoms with Crippen molar-refractivity contribution in [3.63, 3.8) is 0 Å². The average Bonchev–Trinajstić information content (AvgIpc) is 2.36. The first-order chi connectivity index (χ1) is 9.75. The molecule has 1 aromatic carbocycles. The van der Waals surface area contributed by atoms with Crippen LogP contribution in [0.5, 0.6) is 0 Å². The third kappa shape index (κ3) is 5.44. The van der Waals surface area contributed by atoms with Crippen molar-refractivity contribution in [3.8, 4) is 0 Å². The molecule has 1 heterocycles. The highest BCUT2D eigenvalue weighted by Crippen LogP contribution is 2.32. The molecule has 1 N–H and O–H groups in total. The number of benzene rings is 1. The number of nitrogens with one attached hydrogen (secondary N) is 1. The monoisotopic (exact) mass is 289 g/mol. The topological polar surface area (TPSA) is 21.3 Å². The van der Waals surface area contributed by atoms with Crippen molar-refractivity contribution < 1.29 is 4.74 Å². The summed E-state index contributed by atoms with van der Waals surface area (Å²) in [6, 6.07) is 11.8. The van der Waals surface area contributed by atoms with Gasteiger partial charge >= 0.3 is 0 Å². The molecule has 1 saturated heterocycles. The second-order valence-corrected chi connectivity index (χ2v) is 8.19. The third-order valence-corrected chi connectivity index (χ3v) is 4.15. The first kappa shape index (κ1) is 16.5. The van der Waals surface area contributed by atoms with E-state index in [9.17, 15) is 0 Å². The first-order valence-electron chi connectivity index (χ1n) is 8.20. The number of rotatable bonds is 4. The van der Waals surface area contributed by atoms with Gasteiger partial charge < -0.3 is 10.1 Å². The van der Waals surface area contributed by atoms with E-state index in [2.05, 4.69) is 70.3 Å². The maximum atomic E-state index is 5.84. The molecule has 0 bridgehead atoms. The molecule has 2 unspecified atom stereocenters. The summed E-state index contributed by atoms with van der Waals surface area (Å²) in [5.74, 6) is 0. The van der Waals surface area contributed by atoms with Crippen LogP contribution >= 0.6 is 0 Å². The predicted octanol–water partition coefficient (Wildman–Crippen LogP) is 4.71. The van der Waals surface area contributed by atoms with Crippen molar-refractivity contribution in [2.75, 3.05) is 6.61 Å². The molecule has 0 amide bonds. The van der Waals surface area contributed by atoms with Crippen LogP contribution in [-0.4, -0.2) is 18.2 Å². The number of ether oxygens (including phenoxy) is 1. The summed E-state index contributed by atoms with van der Waals surface area (Å²) in [4.78, 5) is 0. The molecule has 1 aromatic rings. The lowest BCUT2D eigenvalue weighted by molar-refractivity contribution is -0.0646. The summed E-state index contributed by atoms with van der Waals surface area (Å²) in [5.41, 5.74) is 1.71. The van der Waals surface area contributed by atoms with Crippen LogP contribution in [0.25, 0.3) is 0 Å². The Bertz CT molecular complexity index is 433. The molecule has 0 saturated carbocycles. The Labute approximate surface area is 130 Å². The maximum Gasteiger partial charge on any atom is 0.0641 e. The lowest BCUT2D eigenvalue weighted by atomic mass is 9.84. The van der Waals surface area contributed by atoms with Crippen molar-refractivity contribution >= 4 is 0 Å². The van der Waals surface area contributed by atoms with Crippen LogP contribution in [0.2, 0.25) is 0 Å². The van der Waals surface area contributed by atoms with Gasteiger partial charge in [-0.2, -0.15) is 0 Å². The molecular formula is C19H31NO. The van der Waals surface area contributed by atoms with Gasteiger partial charge in [-0.1, -0.05) is 51.1 Å². The highest BCUT2D eigenvalue weighted by Gasteiger charge is 2.31. The minimum Gasteiger partial charge on any atom is -0.375 e. The Kier molecular flexibility index (Phi) is 5.11. The highest BCUT2D eigenvalue weighted by molar-refractivity contribution is 5.19. The lowest BCUT2D eigenvalue weighted by Crippen LogP contribution is -2.45. The Balaban J connectivity index is 2.09. The highest BCUT2D eigenvalue weighted by atomic mass is 16.5. The van der Waals surface area contributed by atoms with Gasteiger partial charge in [0.05, 0.1) is 5.60 Å². The maximum absolute atomic E-state index is 5.84. The molecule has 0 radical (unpaired) electrons. The predicted molar refractivity (Wildman–Crippen MR) is 89.4 cm³/mol. The Hall–Kier alpha value is -0.860. The zero-order chi connectivity index (χ0) is 15.5. The van der Waals surface area contributed by atoms with Crippen LogP contribution in [0.3, 0.4) is 0 Å². The molecular weight excluding hydrogens is 258 g/mol. The average molecular weight is 289 g/mol. The van der Waals surface area contributed by atoms with E-state index in [1.165, 1.54) is 5.56 Å². The molecule has 0 spiro atoms. The summed E-state index contributed by atoms with van der Waals surface area (Å²) < 4.78 is 5.84. The van der Waals surface area contributed by atoms with Gasteiger partial charge in [0.25, 0.3) is 0 Å². The fourth-order valence-corrected chi connectivity index (χ4v) is 3.23. The molecule has 1 aliphatic heterocycles. The zero-order valence-corrected chi connectivity index (χ0v) is 14.3. The van der Waals surface area contributed by atoms with Crippen LogP contribution in [0.4, 0.5) is 0 Å². The van der Waals surface area contributed by atoms with E-state index in [0.29, 0.717) is 17.5 Å². The molecule has 2 rings (SSSR count). The SMILES string of the molecule is CC(C)(C)CC(NC1CCOC(C)(C)C1)c1ccccc1. The van der Waals surface area contributed by atoms with Gasteiger partial charge in [0.2, 0.25) is 0 Å². The van der Waals surface area contributed by atoms with Crippen LogP contribution in [0.15, 0.2) is 30.3 Å². The fourth-order valence-electron chi connectivity index (χ4n) is 3.23. The lowest BCUT2D eigenvalue weighted by Gasteiger charge is -2.39. The Morgan fingerprint density at radius 1 is 1.24 bits per heavy atom. The van der Waals surface area contributed by atoms with Crippen molar-refractivity contribution in [2.24, 2.45) is 5.41 Å². The fraction of sp³-hybridized carbons (Fsp3) is 0.684. The molecule has 2 heteroatoms. The van der Waals surface area contributed by atoms with Crippen molar-refractivity contribution in [1.29, 1.82) is 0 Å². The van der Waals surface area contributed by atoms with Gasteiger partial charge in [-0.15, -0.1) is 0 Å². The molecule has 1 aliphatic rings. The van der Waals surface area contributed by atoms with E-state index in [0.717, 1.165) is 25.9 Å². The van der Waals surface area contributed by atoms with Gasteiger partial charge in [0.1, 0.15) is 0 Å². The van der Waals surface area contributed by atoms with E-state index >= 15 is 0 Å². The van der Waals surface area contributed by atoms with Crippen molar-refractivity contribution in [1.82, 2.24) is 5.32 Å². The van der Waals surface area contributed by atoms with E-state index < -0.39 is 0 Å². The molecule has 2 nitrogen and oxygen atoms in total. The second kappa shape index (κ2) is 6.50. The van der Waals surface area contributed by atoms with Crippen LogP contribution in [-0.2, 0) is 4.74 Å². The van der Waals surface area contributed by atoms with E-state index in [4.69, 9.17) is 4.74 Å². The molecule has 21 heavy (non-hydrogen) atoms. The number of hydrogen-bond donors (Lipinski definition) is 1. The van der Waals surface area contributed by atoms with Gasteiger partial charge in [-0.05, 0) is 44.1 Å². The third-order valence-electron chi connectivity index (χ3n) is 4.15. The first-order valence-corrected chi connectivity index (χ1v) is 8.20. The molecule has 0 aliphatic carbocycles. The molecule has 1 fully saturated rings. The van der Waals surface area contributed by atoms with E-state index in [1.54, 1.807) is 0 Å².